The van der Waals surface area contributed by atoms with Gasteiger partial charge in [-0.1, -0.05) is 37.6 Å². The molecule has 1 rings (SSSR count). The van der Waals surface area contributed by atoms with E-state index in [4.69, 9.17) is 4.74 Å². The van der Waals surface area contributed by atoms with E-state index in [1.165, 1.54) is 5.57 Å². The summed E-state index contributed by atoms with van der Waals surface area (Å²) in [7, 11) is 1.78. The Labute approximate surface area is 123 Å². The van der Waals surface area contributed by atoms with Crippen LogP contribution in [0, 0.1) is 11.8 Å². The van der Waals surface area contributed by atoms with E-state index in [-0.39, 0.29) is 12.0 Å². The van der Waals surface area contributed by atoms with Crippen LogP contribution in [0.15, 0.2) is 23.8 Å². The first-order valence-corrected chi connectivity index (χ1v) is 7.68. The van der Waals surface area contributed by atoms with Crippen molar-refractivity contribution in [2.24, 2.45) is 11.8 Å². The van der Waals surface area contributed by atoms with Gasteiger partial charge >= 0.3 is 0 Å². The van der Waals surface area contributed by atoms with Crippen molar-refractivity contribution in [3.05, 3.63) is 23.8 Å². The van der Waals surface area contributed by atoms with Gasteiger partial charge in [-0.3, -0.25) is 4.79 Å². The molecule has 3 nitrogen and oxygen atoms in total. The number of ether oxygens (including phenoxy) is 1. The SMILES string of the molecule is CO[C@H]1/C=C/CCCCC(=O)NC/C(C)=C\[C@@H](C)[C@@H]1C. The highest BCUT2D eigenvalue weighted by atomic mass is 16.5. The van der Waals surface area contributed by atoms with Crippen molar-refractivity contribution in [3.63, 3.8) is 0 Å². The highest BCUT2D eigenvalue weighted by Gasteiger charge is 2.19. The molecule has 0 unspecified atom stereocenters. The third-order valence-electron chi connectivity index (χ3n) is 4.08. The molecule has 0 aromatic carbocycles. The maximum absolute atomic E-state index is 11.7. The van der Waals surface area contributed by atoms with Crippen LogP contribution in [0.3, 0.4) is 0 Å². The molecule has 114 valence electrons. The van der Waals surface area contributed by atoms with E-state index in [0.29, 0.717) is 24.8 Å². The molecule has 0 aliphatic carbocycles. The number of carbonyl (C=O) groups is 1. The molecule has 0 fully saturated rings. The lowest BCUT2D eigenvalue weighted by Crippen LogP contribution is -2.26. The molecule has 3 atom stereocenters. The number of rotatable bonds is 1. The molecule has 1 aliphatic heterocycles. The summed E-state index contributed by atoms with van der Waals surface area (Å²) in [4.78, 5) is 11.7. The Balaban J connectivity index is 2.78. The number of allylic oxidation sites excluding steroid dienone is 2. The summed E-state index contributed by atoms with van der Waals surface area (Å²) >= 11 is 0. The van der Waals surface area contributed by atoms with Crippen molar-refractivity contribution in [2.45, 2.75) is 52.6 Å². The minimum Gasteiger partial charge on any atom is -0.377 e. The van der Waals surface area contributed by atoms with E-state index in [9.17, 15) is 4.79 Å². The van der Waals surface area contributed by atoms with Gasteiger partial charge < -0.3 is 10.1 Å². The molecule has 20 heavy (non-hydrogen) atoms. The Morgan fingerprint density at radius 3 is 2.75 bits per heavy atom. The molecule has 0 saturated heterocycles. The zero-order chi connectivity index (χ0) is 15.0. The van der Waals surface area contributed by atoms with Crippen LogP contribution >= 0.6 is 0 Å². The van der Waals surface area contributed by atoms with Crippen molar-refractivity contribution in [1.29, 1.82) is 0 Å². The average Bonchev–Trinajstić information content (AvgIpc) is 2.43. The lowest BCUT2D eigenvalue weighted by Gasteiger charge is -2.24. The molecule has 3 heteroatoms. The van der Waals surface area contributed by atoms with Crippen molar-refractivity contribution in [2.75, 3.05) is 13.7 Å². The third kappa shape index (κ3) is 5.91. The minimum atomic E-state index is 0.159. The molecule has 0 aromatic heterocycles. The summed E-state index contributed by atoms with van der Waals surface area (Å²) in [6.45, 7) is 7.16. The quantitative estimate of drug-likeness (QED) is 0.746. The lowest BCUT2D eigenvalue weighted by molar-refractivity contribution is -0.121. The van der Waals surface area contributed by atoms with Gasteiger partial charge in [-0.25, -0.2) is 0 Å². The van der Waals surface area contributed by atoms with Crippen LogP contribution in [0.2, 0.25) is 0 Å². The first-order chi connectivity index (χ1) is 9.54. The fraction of sp³-hybridized carbons (Fsp3) is 0.706. The number of hydrogen-bond acceptors (Lipinski definition) is 2. The summed E-state index contributed by atoms with van der Waals surface area (Å²) in [6.07, 6.45) is 10.4. The fourth-order valence-corrected chi connectivity index (χ4v) is 2.53. The second-order valence-corrected chi connectivity index (χ2v) is 5.88. The molecular weight excluding hydrogens is 250 g/mol. The number of methoxy groups -OCH3 is 1. The monoisotopic (exact) mass is 279 g/mol. The molecule has 0 radical (unpaired) electrons. The second-order valence-electron chi connectivity index (χ2n) is 5.88. The summed E-state index contributed by atoms with van der Waals surface area (Å²) in [6, 6.07) is 0. The summed E-state index contributed by atoms with van der Waals surface area (Å²) in [5, 5.41) is 2.99. The second kappa shape index (κ2) is 8.96. The molecule has 1 amide bonds. The van der Waals surface area contributed by atoms with Crippen molar-refractivity contribution in [3.8, 4) is 0 Å². The highest BCUT2D eigenvalue weighted by molar-refractivity contribution is 5.76. The maximum Gasteiger partial charge on any atom is 0.220 e. The maximum atomic E-state index is 11.7. The smallest absolute Gasteiger partial charge is 0.220 e. The van der Waals surface area contributed by atoms with Gasteiger partial charge in [0.1, 0.15) is 0 Å². The lowest BCUT2D eigenvalue weighted by atomic mass is 9.88. The Kier molecular flexibility index (Phi) is 7.60. The summed E-state index contributed by atoms with van der Waals surface area (Å²) in [5.74, 6) is 1.00. The Hall–Kier alpha value is -1.09. The van der Waals surface area contributed by atoms with E-state index >= 15 is 0 Å². The van der Waals surface area contributed by atoms with Crippen LogP contribution in [0.1, 0.15) is 46.5 Å². The van der Waals surface area contributed by atoms with Gasteiger partial charge in [0.25, 0.3) is 0 Å². The zero-order valence-electron chi connectivity index (χ0n) is 13.3. The zero-order valence-corrected chi connectivity index (χ0v) is 13.3. The van der Waals surface area contributed by atoms with Gasteiger partial charge in [-0.05, 0) is 38.0 Å². The predicted octanol–water partition coefficient (Wildman–Crippen LogP) is 3.47. The molecule has 0 spiro atoms. The number of carbonyl (C=O) groups excluding carboxylic acids is 1. The van der Waals surface area contributed by atoms with Gasteiger partial charge in [0.2, 0.25) is 5.91 Å². The topological polar surface area (TPSA) is 38.3 Å². The standard InChI is InChI=1S/C17H29NO2/c1-13-11-14(2)15(3)16(20-4)9-7-5-6-8-10-17(19)18-12-13/h7,9,11,14-16H,5-6,8,10,12H2,1-4H3,(H,18,19)/b9-7+,13-11-/t14-,15+,16+/m1/s1. The molecular formula is C17H29NO2. The first-order valence-electron chi connectivity index (χ1n) is 7.68. The number of hydrogen-bond donors (Lipinski definition) is 1. The first kappa shape index (κ1) is 17.0. The minimum absolute atomic E-state index is 0.159. The van der Waals surface area contributed by atoms with Gasteiger partial charge in [-0.15, -0.1) is 0 Å². The van der Waals surface area contributed by atoms with E-state index < -0.39 is 0 Å². The highest BCUT2D eigenvalue weighted by Crippen LogP contribution is 2.21. The third-order valence-corrected chi connectivity index (χ3v) is 4.08. The predicted molar refractivity (Wildman–Crippen MR) is 83.5 cm³/mol. The largest absolute Gasteiger partial charge is 0.377 e. The molecule has 1 aliphatic rings. The van der Waals surface area contributed by atoms with E-state index in [2.05, 4.69) is 44.3 Å². The summed E-state index contributed by atoms with van der Waals surface area (Å²) < 4.78 is 5.60. The molecule has 1 N–H and O–H groups in total. The van der Waals surface area contributed by atoms with Crippen molar-refractivity contribution < 1.29 is 9.53 Å². The van der Waals surface area contributed by atoms with E-state index in [0.717, 1.165) is 19.3 Å². The Bertz CT molecular complexity index is 360. The van der Waals surface area contributed by atoms with Crippen LogP contribution in [0.4, 0.5) is 0 Å². The van der Waals surface area contributed by atoms with Crippen LogP contribution in [0.5, 0.6) is 0 Å². The number of amides is 1. The number of nitrogens with one attached hydrogen (secondary N) is 1. The van der Waals surface area contributed by atoms with Crippen LogP contribution in [-0.2, 0) is 9.53 Å². The fourth-order valence-electron chi connectivity index (χ4n) is 2.53. The van der Waals surface area contributed by atoms with Crippen LogP contribution in [-0.4, -0.2) is 25.7 Å². The van der Waals surface area contributed by atoms with E-state index in [1.807, 2.05) is 0 Å². The molecule has 0 aromatic rings. The van der Waals surface area contributed by atoms with Crippen LogP contribution < -0.4 is 5.32 Å². The van der Waals surface area contributed by atoms with Crippen molar-refractivity contribution in [1.82, 2.24) is 5.32 Å². The summed E-state index contributed by atoms with van der Waals surface area (Å²) in [5.41, 5.74) is 1.22. The normalized spacial score (nSPS) is 34.5. The molecule has 0 bridgehead atoms. The van der Waals surface area contributed by atoms with Gasteiger partial charge in [0.05, 0.1) is 6.10 Å². The van der Waals surface area contributed by atoms with Gasteiger partial charge in [0, 0.05) is 20.1 Å². The van der Waals surface area contributed by atoms with Crippen LogP contribution in [0.25, 0.3) is 0 Å². The van der Waals surface area contributed by atoms with Crippen molar-refractivity contribution >= 4 is 5.91 Å². The molecule has 0 saturated carbocycles. The Morgan fingerprint density at radius 2 is 2.05 bits per heavy atom. The average molecular weight is 279 g/mol. The van der Waals surface area contributed by atoms with Gasteiger partial charge in [-0.2, -0.15) is 0 Å². The molecule has 1 heterocycles. The van der Waals surface area contributed by atoms with E-state index in [1.54, 1.807) is 7.11 Å². The van der Waals surface area contributed by atoms with Gasteiger partial charge in [0.15, 0.2) is 0 Å². The Morgan fingerprint density at radius 1 is 1.30 bits per heavy atom.